The van der Waals surface area contributed by atoms with E-state index in [0.29, 0.717) is 9.80 Å². The first-order valence-electron chi connectivity index (χ1n) is 3.23. The normalized spacial score (nSPS) is 25.2. The molecule has 0 aromatic rings. The first-order chi connectivity index (χ1) is 5.46. The van der Waals surface area contributed by atoms with Crippen LogP contribution in [0.4, 0.5) is 0 Å². The summed E-state index contributed by atoms with van der Waals surface area (Å²) in [6.07, 6.45) is -1.54. The van der Waals surface area contributed by atoms with E-state index in [1.54, 1.807) is 0 Å². The summed E-state index contributed by atoms with van der Waals surface area (Å²) in [4.78, 5) is 34.1. The smallest absolute Gasteiger partial charge is 0.318 e. The number of hydrogen-bond acceptors (Lipinski definition) is 4. The van der Waals surface area contributed by atoms with Gasteiger partial charge in [0, 0.05) is 14.1 Å². The SMILES string of the molecule is CN1C(=O)C(=O)N(C)C(O)C1=O. The standard InChI is InChI=1S/C6H8N2O4/c1-7-3(9)5(11)8(2)6(12)4(7)10/h3,9H,1-2H3. The largest absolute Gasteiger partial charge is 0.365 e. The third kappa shape index (κ3) is 0.964. The van der Waals surface area contributed by atoms with E-state index in [2.05, 4.69) is 0 Å². The van der Waals surface area contributed by atoms with Crippen molar-refractivity contribution in [1.82, 2.24) is 9.80 Å². The maximum absolute atomic E-state index is 11.0. The highest BCUT2D eigenvalue weighted by Crippen LogP contribution is 2.07. The van der Waals surface area contributed by atoms with Gasteiger partial charge in [0.25, 0.3) is 5.91 Å². The zero-order valence-corrected chi connectivity index (χ0v) is 6.64. The molecule has 1 unspecified atom stereocenters. The highest BCUT2D eigenvalue weighted by molar-refractivity contribution is 6.39. The van der Waals surface area contributed by atoms with Crippen molar-refractivity contribution in [3.8, 4) is 0 Å². The number of piperazine rings is 1. The lowest BCUT2D eigenvalue weighted by Gasteiger charge is -2.31. The maximum Gasteiger partial charge on any atom is 0.318 e. The molecule has 1 heterocycles. The number of nitrogens with zero attached hydrogens (tertiary/aromatic N) is 2. The van der Waals surface area contributed by atoms with Crippen molar-refractivity contribution in [2.24, 2.45) is 0 Å². The Morgan fingerprint density at radius 2 is 1.67 bits per heavy atom. The van der Waals surface area contributed by atoms with Crippen molar-refractivity contribution in [2.45, 2.75) is 6.23 Å². The van der Waals surface area contributed by atoms with Crippen molar-refractivity contribution in [3.63, 3.8) is 0 Å². The number of amides is 3. The van der Waals surface area contributed by atoms with Crippen molar-refractivity contribution < 1.29 is 19.5 Å². The van der Waals surface area contributed by atoms with Gasteiger partial charge in [-0.05, 0) is 0 Å². The highest BCUT2D eigenvalue weighted by Gasteiger charge is 2.40. The van der Waals surface area contributed by atoms with Crippen LogP contribution in [0.15, 0.2) is 0 Å². The summed E-state index contributed by atoms with van der Waals surface area (Å²) in [7, 11) is 2.34. The van der Waals surface area contributed by atoms with Crippen LogP contribution in [0.5, 0.6) is 0 Å². The number of aliphatic hydroxyl groups is 1. The number of hydrogen-bond donors (Lipinski definition) is 1. The first-order valence-corrected chi connectivity index (χ1v) is 3.23. The molecular weight excluding hydrogens is 164 g/mol. The Kier molecular flexibility index (Phi) is 1.85. The molecule has 0 aromatic carbocycles. The minimum Gasteiger partial charge on any atom is -0.365 e. The van der Waals surface area contributed by atoms with Crippen LogP contribution >= 0.6 is 0 Å². The molecule has 6 heteroatoms. The molecule has 0 aromatic heterocycles. The monoisotopic (exact) mass is 172 g/mol. The molecule has 1 saturated heterocycles. The molecule has 1 rings (SSSR count). The van der Waals surface area contributed by atoms with Crippen LogP contribution in [0.25, 0.3) is 0 Å². The second-order valence-electron chi connectivity index (χ2n) is 2.49. The quantitative estimate of drug-likeness (QED) is 0.331. The Morgan fingerprint density at radius 1 is 1.17 bits per heavy atom. The predicted molar refractivity (Wildman–Crippen MR) is 36.6 cm³/mol. The number of likely N-dealkylation sites (N-methyl/N-ethyl adjacent to an activating group) is 2. The minimum absolute atomic E-state index is 0.604. The fourth-order valence-corrected chi connectivity index (χ4v) is 0.844. The summed E-state index contributed by atoms with van der Waals surface area (Å²) in [5.41, 5.74) is 0. The van der Waals surface area contributed by atoms with E-state index < -0.39 is 23.9 Å². The Balaban J connectivity index is 2.99. The van der Waals surface area contributed by atoms with Crippen LogP contribution in [0.2, 0.25) is 0 Å². The van der Waals surface area contributed by atoms with Gasteiger partial charge < -0.3 is 10.0 Å². The fraction of sp³-hybridized carbons (Fsp3) is 0.500. The van der Waals surface area contributed by atoms with Gasteiger partial charge in [0.05, 0.1) is 0 Å². The van der Waals surface area contributed by atoms with Gasteiger partial charge in [0.15, 0.2) is 0 Å². The molecule has 3 amide bonds. The molecule has 1 aliphatic rings. The Morgan fingerprint density at radius 3 is 2.17 bits per heavy atom. The van der Waals surface area contributed by atoms with Crippen LogP contribution in [-0.2, 0) is 14.4 Å². The molecular formula is C6H8N2O4. The zero-order valence-electron chi connectivity index (χ0n) is 6.64. The van der Waals surface area contributed by atoms with E-state index in [1.807, 2.05) is 0 Å². The molecule has 1 atom stereocenters. The van der Waals surface area contributed by atoms with E-state index in [4.69, 9.17) is 5.11 Å². The van der Waals surface area contributed by atoms with Crippen LogP contribution in [-0.4, -0.2) is 53.0 Å². The van der Waals surface area contributed by atoms with Gasteiger partial charge in [-0.2, -0.15) is 0 Å². The lowest BCUT2D eigenvalue weighted by Crippen LogP contribution is -2.60. The van der Waals surface area contributed by atoms with E-state index in [-0.39, 0.29) is 0 Å². The number of imide groups is 1. The van der Waals surface area contributed by atoms with Crippen molar-refractivity contribution in [3.05, 3.63) is 0 Å². The van der Waals surface area contributed by atoms with Gasteiger partial charge in [-0.3, -0.25) is 19.3 Å². The van der Waals surface area contributed by atoms with Crippen molar-refractivity contribution in [2.75, 3.05) is 14.1 Å². The Bertz CT molecular complexity index is 262. The first kappa shape index (κ1) is 8.66. The predicted octanol–water partition coefficient (Wildman–Crippen LogP) is -2.24. The number of carbonyl (C=O) groups excluding carboxylic acids is 3. The average molecular weight is 172 g/mol. The van der Waals surface area contributed by atoms with Crippen LogP contribution < -0.4 is 0 Å². The molecule has 0 aliphatic carbocycles. The van der Waals surface area contributed by atoms with Crippen LogP contribution in [0.3, 0.4) is 0 Å². The summed E-state index contributed by atoms with van der Waals surface area (Å²) in [5.74, 6) is -2.60. The zero-order chi connectivity index (χ0) is 9.46. The summed E-state index contributed by atoms with van der Waals surface area (Å²) in [5, 5.41) is 9.07. The molecule has 12 heavy (non-hydrogen) atoms. The van der Waals surface area contributed by atoms with Crippen LogP contribution in [0, 0.1) is 0 Å². The third-order valence-electron chi connectivity index (χ3n) is 1.73. The molecule has 0 radical (unpaired) electrons. The van der Waals surface area contributed by atoms with Gasteiger partial charge in [-0.25, -0.2) is 0 Å². The topological polar surface area (TPSA) is 77.9 Å². The molecule has 1 aliphatic heterocycles. The van der Waals surface area contributed by atoms with E-state index in [9.17, 15) is 14.4 Å². The molecule has 0 saturated carbocycles. The fourth-order valence-electron chi connectivity index (χ4n) is 0.844. The highest BCUT2D eigenvalue weighted by atomic mass is 16.3. The molecule has 1 fully saturated rings. The number of rotatable bonds is 0. The van der Waals surface area contributed by atoms with Gasteiger partial charge in [0.1, 0.15) is 0 Å². The van der Waals surface area contributed by atoms with Gasteiger partial charge in [-0.1, -0.05) is 0 Å². The Hall–Kier alpha value is -1.43. The molecule has 6 nitrogen and oxygen atoms in total. The van der Waals surface area contributed by atoms with Crippen molar-refractivity contribution in [1.29, 1.82) is 0 Å². The van der Waals surface area contributed by atoms with E-state index in [0.717, 1.165) is 7.05 Å². The summed E-state index contributed by atoms with van der Waals surface area (Å²) < 4.78 is 0. The molecule has 0 bridgehead atoms. The van der Waals surface area contributed by atoms with Gasteiger partial charge in [-0.15, -0.1) is 0 Å². The summed E-state index contributed by atoms with van der Waals surface area (Å²) in [6.45, 7) is 0. The lowest BCUT2D eigenvalue weighted by molar-refractivity contribution is -0.175. The third-order valence-corrected chi connectivity index (χ3v) is 1.73. The summed E-state index contributed by atoms with van der Waals surface area (Å²) in [6, 6.07) is 0. The average Bonchev–Trinajstić information content (AvgIpc) is 2.08. The van der Waals surface area contributed by atoms with E-state index in [1.165, 1.54) is 7.05 Å². The van der Waals surface area contributed by atoms with Gasteiger partial charge >= 0.3 is 11.8 Å². The number of aliphatic hydroxyl groups excluding tert-OH is 1. The number of carbonyl (C=O) groups is 3. The minimum atomic E-state index is -1.54. The molecule has 1 N–H and O–H groups in total. The second-order valence-corrected chi connectivity index (χ2v) is 2.49. The second kappa shape index (κ2) is 2.56. The Labute approximate surface area is 68.4 Å². The molecule has 66 valence electrons. The van der Waals surface area contributed by atoms with Crippen molar-refractivity contribution >= 4 is 17.7 Å². The van der Waals surface area contributed by atoms with Gasteiger partial charge in [0.2, 0.25) is 6.23 Å². The van der Waals surface area contributed by atoms with E-state index >= 15 is 0 Å². The maximum atomic E-state index is 11.0. The molecule has 0 spiro atoms. The lowest BCUT2D eigenvalue weighted by atomic mass is 10.3. The summed E-state index contributed by atoms with van der Waals surface area (Å²) >= 11 is 0. The van der Waals surface area contributed by atoms with Crippen LogP contribution in [0.1, 0.15) is 0 Å².